The number of carbonyl (C=O) groups is 1. The molecule has 5 heteroatoms. The molecule has 1 aromatic heterocycles. The highest BCUT2D eigenvalue weighted by molar-refractivity contribution is 6.17. The van der Waals surface area contributed by atoms with Crippen molar-refractivity contribution in [2.24, 2.45) is 5.16 Å². The van der Waals surface area contributed by atoms with Crippen molar-refractivity contribution in [1.82, 2.24) is 4.98 Å². The van der Waals surface area contributed by atoms with Gasteiger partial charge in [-0.05, 0) is 26.8 Å². The summed E-state index contributed by atoms with van der Waals surface area (Å²) >= 11 is 0. The fourth-order valence-electron chi connectivity index (χ4n) is 1.31. The highest BCUT2D eigenvalue weighted by Crippen LogP contribution is 2.26. The fraction of sp³-hybridized carbons (Fsp3) is 0.308. The lowest BCUT2D eigenvalue weighted by atomic mass is 10.1. The number of carbonyl (C=O) groups excluding carboxylic acids is 1. The van der Waals surface area contributed by atoms with E-state index in [4.69, 9.17) is 9.57 Å². The van der Waals surface area contributed by atoms with Crippen molar-refractivity contribution in [1.29, 1.82) is 0 Å². The molecule has 0 unspecified atom stereocenters. The van der Waals surface area contributed by atoms with Crippen molar-refractivity contribution in [3.63, 3.8) is 0 Å². The normalized spacial score (nSPS) is 10.8. The van der Waals surface area contributed by atoms with Crippen LogP contribution in [0.4, 0.5) is 0 Å². The molecule has 0 N–H and O–H groups in total. The van der Waals surface area contributed by atoms with Gasteiger partial charge in [-0.3, -0.25) is 4.98 Å². The molecule has 5 nitrogen and oxygen atoms in total. The third-order valence-electron chi connectivity index (χ3n) is 2.10. The molecule has 0 radical (unpaired) electrons. The average Bonchev–Trinajstić information content (AvgIpc) is 2.38. The lowest BCUT2D eigenvalue weighted by Crippen LogP contribution is -2.05. The van der Waals surface area contributed by atoms with Crippen molar-refractivity contribution in [2.75, 3.05) is 7.11 Å². The molecule has 0 atom stereocenters. The van der Waals surface area contributed by atoms with Crippen LogP contribution in [0.5, 0.6) is 5.75 Å². The zero-order valence-corrected chi connectivity index (χ0v) is 10.9. The molecular weight excluding hydrogens is 232 g/mol. The Morgan fingerprint density at radius 2 is 2.17 bits per heavy atom. The van der Waals surface area contributed by atoms with Crippen molar-refractivity contribution in [3.8, 4) is 5.75 Å². The Morgan fingerprint density at radius 3 is 2.72 bits per heavy atom. The minimum absolute atomic E-state index is 0.414. The molecule has 0 bridgehead atoms. The Hall–Kier alpha value is -2.17. The maximum absolute atomic E-state index is 11.6. The number of aromatic nitrogens is 1. The molecule has 0 aliphatic carbocycles. The molecule has 1 aromatic rings. The number of esters is 1. The summed E-state index contributed by atoms with van der Waals surface area (Å²) in [5.41, 5.74) is 1.79. The molecule has 0 saturated heterocycles. The van der Waals surface area contributed by atoms with E-state index >= 15 is 0 Å². The monoisotopic (exact) mass is 248 g/mol. The van der Waals surface area contributed by atoms with Gasteiger partial charge in [0, 0.05) is 11.8 Å². The second-order valence-electron chi connectivity index (χ2n) is 3.70. The Labute approximate surface area is 106 Å². The number of pyridine rings is 1. The largest absolute Gasteiger partial charge is 0.465 e. The lowest BCUT2D eigenvalue weighted by Gasteiger charge is -2.08. The van der Waals surface area contributed by atoms with E-state index in [-0.39, 0.29) is 0 Å². The average molecular weight is 248 g/mol. The van der Waals surface area contributed by atoms with E-state index in [1.165, 1.54) is 13.3 Å². The first-order chi connectivity index (χ1) is 8.60. The van der Waals surface area contributed by atoms with Crippen molar-refractivity contribution >= 4 is 17.3 Å². The van der Waals surface area contributed by atoms with Gasteiger partial charge in [-0.1, -0.05) is 11.2 Å². The Kier molecular flexibility index (Phi) is 5.05. The van der Waals surface area contributed by atoms with E-state index in [9.17, 15) is 4.79 Å². The lowest BCUT2D eigenvalue weighted by molar-refractivity contribution is -0.133. The van der Waals surface area contributed by atoms with Gasteiger partial charge in [0.25, 0.3) is 0 Å². The number of methoxy groups -OCH3 is 1. The SMILES string of the molecule is C/C=C(/C(=O)OC)c1ccncc1ON=C(C)C. The third kappa shape index (κ3) is 3.41. The summed E-state index contributed by atoms with van der Waals surface area (Å²) in [6.45, 7) is 5.38. The number of allylic oxidation sites excluding steroid dienone is 1. The topological polar surface area (TPSA) is 60.8 Å². The fourth-order valence-corrected chi connectivity index (χ4v) is 1.31. The first kappa shape index (κ1) is 13.9. The Morgan fingerprint density at radius 1 is 1.44 bits per heavy atom. The summed E-state index contributed by atoms with van der Waals surface area (Å²) in [5, 5.41) is 3.85. The van der Waals surface area contributed by atoms with Gasteiger partial charge in [0.15, 0.2) is 5.75 Å². The van der Waals surface area contributed by atoms with Crippen LogP contribution in [0.1, 0.15) is 26.3 Å². The molecule has 0 aliphatic rings. The summed E-state index contributed by atoms with van der Waals surface area (Å²) < 4.78 is 4.72. The number of rotatable bonds is 4. The van der Waals surface area contributed by atoms with Crippen LogP contribution in [0.25, 0.3) is 5.57 Å². The number of oxime groups is 1. The molecular formula is C13H16N2O3. The predicted octanol–water partition coefficient (Wildman–Crippen LogP) is 2.43. The molecule has 1 rings (SSSR count). The summed E-state index contributed by atoms with van der Waals surface area (Å²) in [7, 11) is 1.34. The molecule has 0 amide bonds. The van der Waals surface area contributed by atoms with E-state index in [1.807, 2.05) is 13.8 Å². The maximum atomic E-state index is 11.6. The third-order valence-corrected chi connectivity index (χ3v) is 2.10. The van der Waals surface area contributed by atoms with Gasteiger partial charge in [0.1, 0.15) is 0 Å². The van der Waals surface area contributed by atoms with E-state index in [1.54, 1.807) is 25.3 Å². The second-order valence-corrected chi connectivity index (χ2v) is 3.70. The summed E-state index contributed by atoms with van der Waals surface area (Å²) in [5.74, 6) is -0.0112. The smallest absolute Gasteiger partial charge is 0.338 e. The zero-order valence-electron chi connectivity index (χ0n) is 10.9. The maximum Gasteiger partial charge on any atom is 0.338 e. The molecule has 0 spiro atoms. The molecule has 96 valence electrons. The minimum Gasteiger partial charge on any atom is -0.465 e. The van der Waals surface area contributed by atoms with Gasteiger partial charge >= 0.3 is 5.97 Å². The predicted molar refractivity (Wildman–Crippen MR) is 69.3 cm³/mol. The summed E-state index contributed by atoms with van der Waals surface area (Å²) in [6.07, 6.45) is 4.75. The van der Waals surface area contributed by atoms with Crippen LogP contribution < -0.4 is 4.84 Å². The van der Waals surface area contributed by atoms with Gasteiger partial charge in [0.05, 0.1) is 24.6 Å². The first-order valence-electron chi connectivity index (χ1n) is 5.47. The standard InChI is InChI=1S/C13H16N2O3/c1-5-10(13(16)17-4)11-6-7-14-8-12(11)18-15-9(2)3/h5-8H,1-4H3/b10-5+. The number of nitrogens with zero attached hydrogens (tertiary/aromatic N) is 2. The molecule has 1 heterocycles. The van der Waals surface area contributed by atoms with Gasteiger partial charge in [-0.2, -0.15) is 0 Å². The minimum atomic E-state index is -0.425. The number of ether oxygens (including phenoxy) is 1. The van der Waals surface area contributed by atoms with Gasteiger partial charge in [0.2, 0.25) is 0 Å². The highest BCUT2D eigenvalue weighted by Gasteiger charge is 2.16. The second kappa shape index (κ2) is 6.54. The molecule has 18 heavy (non-hydrogen) atoms. The molecule has 0 aromatic carbocycles. The van der Waals surface area contributed by atoms with Crippen molar-refractivity contribution in [3.05, 3.63) is 30.1 Å². The van der Waals surface area contributed by atoms with E-state index < -0.39 is 5.97 Å². The van der Waals surface area contributed by atoms with E-state index in [2.05, 4.69) is 10.1 Å². The summed E-state index contributed by atoms with van der Waals surface area (Å²) in [6, 6.07) is 1.68. The molecule has 0 aliphatic heterocycles. The van der Waals surface area contributed by atoms with Crippen LogP contribution in [0.15, 0.2) is 29.7 Å². The Balaban J connectivity index is 3.15. The van der Waals surface area contributed by atoms with Gasteiger partial charge in [-0.25, -0.2) is 4.79 Å². The van der Waals surface area contributed by atoms with Crippen molar-refractivity contribution in [2.45, 2.75) is 20.8 Å². The molecule has 0 saturated carbocycles. The summed E-state index contributed by atoms with van der Waals surface area (Å²) in [4.78, 5) is 20.8. The molecule has 0 fully saturated rings. The number of hydrogen-bond donors (Lipinski definition) is 0. The van der Waals surface area contributed by atoms with Crippen LogP contribution in [0.2, 0.25) is 0 Å². The van der Waals surface area contributed by atoms with E-state index in [0.717, 1.165) is 5.71 Å². The van der Waals surface area contributed by atoms with E-state index in [0.29, 0.717) is 16.9 Å². The quantitative estimate of drug-likeness (QED) is 0.355. The highest BCUT2D eigenvalue weighted by atomic mass is 16.6. The van der Waals surface area contributed by atoms with Crippen LogP contribution in [-0.4, -0.2) is 23.8 Å². The Bertz CT molecular complexity index is 489. The van der Waals surface area contributed by atoms with Gasteiger partial charge < -0.3 is 9.57 Å². The van der Waals surface area contributed by atoms with Crippen LogP contribution in [-0.2, 0) is 9.53 Å². The van der Waals surface area contributed by atoms with Crippen LogP contribution in [0, 0.1) is 0 Å². The van der Waals surface area contributed by atoms with Crippen molar-refractivity contribution < 1.29 is 14.4 Å². The van der Waals surface area contributed by atoms with Gasteiger partial charge in [-0.15, -0.1) is 0 Å². The number of hydrogen-bond acceptors (Lipinski definition) is 5. The first-order valence-corrected chi connectivity index (χ1v) is 5.47. The van der Waals surface area contributed by atoms with Crippen LogP contribution in [0.3, 0.4) is 0 Å². The zero-order chi connectivity index (χ0) is 13.5. The van der Waals surface area contributed by atoms with Crippen LogP contribution >= 0.6 is 0 Å².